The maximum Gasteiger partial charge on any atom is 0.320 e. The Bertz CT molecular complexity index is 255. The second-order valence-corrected chi connectivity index (χ2v) is 4.80. The molecule has 1 saturated heterocycles. The van der Waals surface area contributed by atoms with Gasteiger partial charge in [0.15, 0.2) is 5.78 Å². The number of hydrogen-bond donors (Lipinski definition) is 0. The lowest BCUT2D eigenvalue weighted by molar-refractivity contribution is -0.126. The zero-order valence-corrected chi connectivity index (χ0v) is 9.33. The molecule has 0 N–H and O–H groups in total. The van der Waals surface area contributed by atoms with Crippen LogP contribution in [0, 0.1) is 5.41 Å². The van der Waals surface area contributed by atoms with E-state index in [2.05, 4.69) is 0 Å². The van der Waals surface area contributed by atoms with Crippen molar-refractivity contribution in [1.29, 1.82) is 0 Å². The van der Waals surface area contributed by atoms with E-state index in [1.54, 1.807) is 16.8 Å². The van der Waals surface area contributed by atoms with Gasteiger partial charge in [0.1, 0.15) is 0 Å². The Morgan fingerprint density at radius 2 is 1.93 bits per heavy atom. The van der Waals surface area contributed by atoms with Gasteiger partial charge >= 0.3 is 6.03 Å². The van der Waals surface area contributed by atoms with Gasteiger partial charge < -0.3 is 9.80 Å². The molecule has 2 amide bonds. The topological polar surface area (TPSA) is 40.6 Å². The van der Waals surface area contributed by atoms with Crippen LogP contribution in [0.15, 0.2) is 0 Å². The van der Waals surface area contributed by atoms with E-state index in [-0.39, 0.29) is 23.8 Å². The summed E-state index contributed by atoms with van der Waals surface area (Å²) in [4.78, 5) is 26.4. The third kappa shape index (κ3) is 2.25. The van der Waals surface area contributed by atoms with Crippen LogP contribution in [0.1, 0.15) is 20.8 Å². The van der Waals surface area contributed by atoms with E-state index in [1.165, 1.54) is 0 Å². The van der Waals surface area contributed by atoms with Crippen molar-refractivity contribution < 1.29 is 9.59 Å². The standard InChI is InChI=1S/C10H18N2O2/c1-10(2,3)8(13)7-12-6-5-11(4)9(12)14/h5-7H2,1-4H3. The molecule has 0 aromatic heterocycles. The third-order valence-corrected chi connectivity index (χ3v) is 2.47. The summed E-state index contributed by atoms with van der Waals surface area (Å²) in [6.45, 7) is 7.25. The molecular formula is C10H18N2O2. The first-order valence-electron chi connectivity index (χ1n) is 4.85. The molecule has 0 unspecified atom stereocenters. The van der Waals surface area contributed by atoms with Crippen LogP contribution in [-0.2, 0) is 4.79 Å². The predicted octanol–water partition coefficient (Wildman–Crippen LogP) is 0.969. The summed E-state index contributed by atoms with van der Waals surface area (Å²) in [5.41, 5.74) is -0.360. The van der Waals surface area contributed by atoms with E-state index in [9.17, 15) is 9.59 Å². The summed E-state index contributed by atoms with van der Waals surface area (Å²) in [5, 5.41) is 0. The summed E-state index contributed by atoms with van der Waals surface area (Å²) in [5.74, 6) is 0.112. The molecule has 1 aliphatic heterocycles. The molecule has 1 heterocycles. The van der Waals surface area contributed by atoms with Crippen LogP contribution in [0.5, 0.6) is 0 Å². The van der Waals surface area contributed by atoms with E-state index in [4.69, 9.17) is 0 Å². The summed E-state index contributed by atoms with van der Waals surface area (Å²) < 4.78 is 0. The molecule has 0 atom stereocenters. The first-order valence-corrected chi connectivity index (χ1v) is 4.85. The zero-order chi connectivity index (χ0) is 10.9. The lowest BCUT2D eigenvalue weighted by Gasteiger charge is -2.21. The summed E-state index contributed by atoms with van der Waals surface area (Å²) >= 11 is 0. The Hall–Kier alpha value is -1.06. The molecular weight excluding hydrogens is 180 g/mol. The van der Waals surface area contributed by atoms with Crippen molar-refractivity contribution in [2.24, 2.45) is 5.41 Å². The number of rotatable bonds is 2. The first-order chi connectivity index (χ1) is 6.32. The number of carbonyl (C=O) groups excluding carboxylic acids is 2. The zero-order valence-electron chi connectivity index (χ0n) is 9.33. The first kappa shape index (κ1) is 11.0. The quantitative estimate of drug-likeness (QED) is 0.663. The van der Waals surface area contributed by atoms with E-state index >= 15 is 0 Å². The van der Waals surface area contributed by atoms with Gasteiger partial charge in [0.05, 0.1) is 6.54 Å². The number of hydrogen-bond acceptors (Lipinski definition) is 2. The monoisotopic (exact) mass is 198 g/mol. The minimum atomic E-state index is -0.360. The summed E-state index contributed by atoms with van der Waals surface area (Å²) in [6.07, 6.45) is 0. The summed E-state index contributed by atoms with van der Waals surface area (Å²) in [6, 6.07) is -0.0393. The molecule has 0 spiro atoms. The predicted molar refractivity (Wildman–Crippen MR) is 54.1 cm³/mol. The van der Waals surface area contributed by atoms with Crippen LogP contribution >= 0.6 is 0 Å². The van der Waals surface area contributed by atoms with E-state index in [0.717, 1.165) is 6.54 Å². The maximum absolute atomic E-state index is 11.7. The van der Waals surface area contributed by atoms with Gasteiger partial charge in [0.2, 0.25) is 0 Å². The van der Waals surface area contributed by atoms with Gasteiger partial charge in [-0.05, 0) is 0 Å². The lowest BCUT2D eigenvalue weighted by Crippen LogP contribution is -2.38. The molecule has 0 saturated carbocycles. The van der Waals surface area contributed by atoms with E-state index in [1.807, 2.05) is 20.8 Å². The fraction of sp³-hybridized carbons (Fsp3) is 0.800. The van der Waals surface area contributed by atoms with Gasteiger partial charge in [-0.2, -0.15) is 0 Å². The molecule has 0 bridgehead atoms. The molecule has 0 aromatic rings. The van der Waals surface area contributed by atoms with Crippen molar-refractivity contribution in [2.45, 2.75) is 20.8 Å². The Kier molecular flexibility index (Phi) is 2.83. The molecule has 1 rings (SSSR count). The lowest BCUT2D eigenvalue weighted by atomic mass is 9.90. The molecule has 4 nitrogen and oxygen atoms in total. The van der Waals surface area contributed by atoms with Gasteiger partial charge in [-0.3, -0.25) is 4.79 Å². The van der Waals surface area contributed by atoms with Crippen LogP contribution in [-0.4, -0.2) is 48.3 Å². The van der Waals surface area contributed by atoms with Gasteiger partial charge in [0.25, 0.3) is 0 Å². The molecule has 4 heteroatoms. The SMILES string of the molecule is CN1CCN(CC(=O)C(C)(C)C)C1=O. The number of ketones is 1. The van der Waals surface area contributed by atoms with Gasteiger partial charge in [-0.1, -0.05) is 20.8 Å². The van der Waals surface area contributed by atoms with Crippen molar-refractivity contribution >= 4 is 11.8 Å². The average molecular weight is 198 g/mol. The van der Waals surface area contributed by atoms with Gasteiger partial charge in [-0.15, -0.1) is 0 Å². The molecule has 0 radical (unpaired) electrons. The number of likely N-dealkylation sites (N-methyl/N-ethyl adjacent to an activating group) is 1. The highest BCUT2D eigenvalue weighted by Crippen LogP contribution is 2.16. The van der Waals surface area contributed by atoms with Gasteiger partial charge in [-0.25, -0.2) is 4.79 Å². The van der Waals surface area contributed by atoms with Crippen molar-refractivity contribution in [3.8, 4) is 0 Å². The molecule has 14 heavy (non-hydrogen) atoms. The number of carbonyl (C=O) groups is 2. The number of nitrogens with zero attached hydrogens (tertiary/aromatic N) is 2. The Labute approximate surface area is 84.9 Å². The number of urea groups is 1. The number of amides is 2. The molecule has 0 aromatic carbocycles. The maximum atomic E-state index is 11.7. The average Bonchev–Trinajstić information content (AvgIpc) is 2.34. The van der Waals surface area contributed by atoms with Crippen molar-refractivity contribution in [1.82, 2.24) is 9.80 Å². The normalized spacial score (nSPS) is 17.9. The highest BCUT2D eigenvalue weighted by atomic mass is 16.2. The van der Waals surface area contributed by atoms with Crippen molar-refractivity contribution in [3.05, 3.63) is 0 Å². The van der Waals surface area contributed by atoms with Crippen molar-refractivity contribution in [3.63, 3.8) is 0 Å². The van der Waals surface area contributed by atoms with Crippen LogP contribution < -0.4 is 0 Å². The number of Topliss-reactive ketones (excluding diaryl/α,β-unsaturated/α-hetero) is 1. The van der Waals surface area contributed by atoms with Crippen LogP contribution in [0.2, 0.25) is 0 Å². The molecule has 1 aliphatic rings. The highest BCUT2D eigenvalue weighted by Gasteiger charge is 2.30. The van der Waals surface area contributed by atoms with Crippen LogP contribution in [0.25, 0.3) is 0 Å². The van der Waals surface area contributed by atoms with E-state index in [0.29, 0.717) is 6.54 Å². The smallest absolute Gasteiger partial charge is 0.320 e. The summed E-state index contributed by atoms with van der Waals surface area (Å²) in [7, 11) is 1.75. The van der Waals surface area contributed by atoms with E-state index < -0.39 is 0 Å². The Morgan fingerprint density at radius 3 is 2.29 bits per heavy atom. The second-order valence-electron chi connectivity index (χ2n) is 4.80. The highest BCUT2D eigenvalue weighted by molar-refractivity contribution is 5.89. The largest absolute Gasteiger partial charge is 0.326 e. The Balaban J connectivity index is 2.54. The fourth-order valence-electron chi connectivity index (χ4n) is 1.26. The minimum Gasteiger partial charge on any atom is -0.326 e. The molecule has 0 aliphatic carbocycles. The Morgan fingerprint density at radius 1 is 1.36 bits per heavy atom. The molecule has 1 fully saturated rings. The minimum absolute atomic E-state index is 0.0393. The van der Waals surface area contributed by atoms with Crippen LogP contribution in [0.4, 0.5) is 4.79 Å². The van der Waals surface area contributed by atoms with Crippen molar-refractivity contribution in [2.75, 3.05) is 26.7 Å². The third-order valence-electron chi connectivity index (χ3n) is 2.47. The van der Waals surface area contributed by atoms with Gasteiger partial charge in [0, 0.05) is 25.6 Å². The molecule has 80 valence electrons. The van der Waals surface area contributed by atoms with Crippen LogP contribution in [0.3, 0.4) is 0 Å². The fourth-order valence-corrected chi connectivity index (χ4v) is 1.26. The second kappa shape index (κ2) is 3.59.